The number of rotatable bonds is 2. The van der Waals surface area contributed by atoms with Gasteiger partial charge in [0.25, 0.3) is 0 Å². The molecule has 2 aliphatic rings. The molecule has 1 aromatic rings. The molecule has 1 aromatic carbocycles. The van der Waals surface area contributed by atoms with E-state index in [1.807, 2.05) is 27.7 Å². The van der Waals surface area contributed by atoms with Crippen molar-refractivity contribution in [3.8, 4) is 0 Å². The van der Waals surface area contributed by atoms with Gasteiger partial charge in [0.2, 0.25) is 0 Å². The Bertz CT molecular complexity index is 333. The van der Waals surface area contributed by atoms with Crippen molar-refractivity contribution in [1.29, 1.82) is 0 Å². The summed E-state index contributed by atoms with van der Waals surface area (Å²) >= 11 is 0. The van der Waals surface area contributed by atoms with Crippen LogP contribution in [0.25, 0.3) is 0 Å². The monoisotopic (exact) mass is 247 g/mol. The Morgan fingerprint density at radius 1 is 1.11 bits per heavy atom. The van der Waals surface area contributed by atoms with E-state index in [0.29, 0.717) is 5.41 Å². The van der Waals surface area contributed by atoms with Crippen LogP contribution in [0.5, 0.6) is 0 Å². The third kappa shape index (κ3) is 2.77. The molecule has 0 radical (unpaired) electrons. The predicted molar refractivity (Wildman–Crippen MR) is 81.0 cm³/mol. The van der Waals surface area contributed by atoms with Crippen molar-refractivity contribution in [2.45, 2.75) is 46.5 Å². The van der Waals surface area contributed by atoms with Gasteiger partial charge in [0.15, 0.2) is 0 Å². The van der Waals surface area contributed by atoms with E-state index in [2.05, 4.69) is 42.2 Å². The highest BCUT2D eigenvalue weighted by atomic mass is 15.2. The summed E-state index contributed by atoms with van der Waals surface area (Å²) in [6, 6.07) is 11.1. The van der Waals surface area contributed by atoms with Crippen LogP contribution in [0, 0.1) is 5.92 Å². The first kappa shape index (κ1) is 15.2. The average molecular weight is 247 g/mol. The number of likely N-dealkylation sites (N-methyl/N-ethyl adjacent to an activating group) is 1. The van der Waals surface area contributed by atoms with Gasteiger partial charge in [-0.25, -0.2) is 0 Å². The standard InChI is InChI=1S/C13H17N.2C2H6/c1-2-14-9-12-8-13(12,10-14)11-6-4-3-5-7-11;2*1-2/h3-7,12H,2,8-10H2,1H3;2*1-2H3. The molecule has 0 aromatic heterocycles. The molecule has 1 aliphatic heterocycles. The fraction of sp³-hybridized carbons (Fsp3) is 0.647. The van der Waals surface area contributed by atoms with Crippen LogP contribution in [0.15, 0.2) is 30.3 Å². The highest BCUT2D eigenvalue weighted by molar-refractivity contribution is 5.36. The summed E-state index contributed by atoms with van der Waals surface area (Å²) in [7, 11) is 0. The number of benzene rings is 1. The van der Waals surface area contributed by atoms with Gasteiger partial charge in [-0.15, -0.1) is 0 Å². The Morgan fingerprint density at radius 3 is 2.22 bits per heavy atom. The molecule has 1 heterocycles. The number of nitrogens with zero attached hydrogens (tertiary/aromatic N) is 1. The second-order valence-electron chi connectivity index (χ2n) is 4.75. The van der Waals surface area contributed by atoms with Crippen LogP contribution in [0.3, 0.4) is 0 Å². The largest absolute Gasteiger partial charge is 0.302 e. The molecule has 1 heteroatoms. The second-order valence-corrected chi connectivity index (χ2v) is 4.75. The summed E-state index contributed by atoms with van der Waals surface area (Å²) in [6.45, 7) is 14.1. The second kappa shape index (κ2) is 6.94. The van der Waals surface area contributed by atoms with Crippen LogP contribution >= 0.6 is 0 Å². The molecule has 0 N–H and O–H groups in total. The fourth-order valence-corrected chi connectivity index (χ4v) is 3.04. The minimum Gasteiger partial charge on any atom is -0.302 e. The minimum atomic E-state index is 0.553. The van der Waals surface area contributed by atoms with E-state index < -0.39 is 0 Å². The normalized spacial score (nSPS) is 28.4. The zero-order chi connectivity index (χ0) is 13.6. The topological polar surface area (TPSA) is 3.24 Å². The maximum atomic E-state index is 2.58. The van der Waals surface area contributed by atoms with Gasteiger partial charge >= 0.3 is 0 Å². The number of fused-ring (bicyclic) bond motifs is 1. The molecule has 3 rings (SSSR count). The molecule has 2 fully saturated rings. The van der Waals surface area contributed by atoms with Crippen molar-refractivity contribution in [1.82, 2.24) is 4.90 Å². The third-order valence-electron chi connectivity index (χ3n) is 4.01. The maximum absolute atomic E-state index is 2.58. The van der Waals surface area contributed by atoms with Gasteiger partial charge in [-0.3, -0.25) is 0 Å². The average Bonchev–Trinajstić information content (AvgIpc) is 3.06. The van der Waals surface area contributed by atoms with Gasteiger partial charge in [-0.05, 0) is 24.4 Å². The molecule has 0 amide bonds. The summed E-state index contributed by atoms with van der Waals surface area (Å²) in [5, 5.41) is 0. The Morgan fingerprint density at radius 2 is 1.72 bits per heavy atom. The lowest BCUT2D eigenvalue weighted by molar-refractivity contribution is 0.314. The highest BCUT2D eigenvalue weighted by Crippen LogP contribution is 2.58. The van der Waals surface area contributed by atoms with Crippen molar-refractivity contribution in [3.05, 3.63) is 35.9 Å². The van der Waals surface area contributed by atoms with E-state index in [0.717, 1.165) is 5.92 Å². The molecular formula is C17H29N. The van der Waals surface area contributed by atoms with Crippen LogP contribution in [-0.2, 0) is 5.41 Å². The predicted octanol–water partition coefficient (Wildman–Crippen LogP) is 4.33. The first-order valence-corrected chi connectivity index (χ1v) is 7.63. The minimum absolute atomic E-state index is 0.553. The summed E-state index contributed by atoms with van der Waals surface area (Å²) in [5.74, 6) is 0.949. The smallest absolute Gasteiger partial charge is 0.0124 e. The van der Waals surface area contributed by atoms with Crippen molar-refractivity contribution < 1.29 is 0 Å². The quantitative estimate of drug-likeness (QED) is 0.752. The van der Waals surface area contributed by atoms with Gasteiger partial charge in [0.05, 0.1) is 0 Å². The van der Waals surface area contributed by atoms with E-state index in [-0.39, 0.29) is 0 Å². The van der Waals surface area contributed by atoms with Crippen LogP contribution in [0.4, 0.5) is 0 Å². The molecule has 18 heavy (non-hydrogen) atoms. The summed E-state index contributed by atoms with van der Waals surface area (Å²) < 4.78 is 0. The van der Waals surface area contributed by atoms with Gasteiger partial charge in [-0.1, -0.05) is 65.0 Å². The number of hydrogen-bond acceptors (Lipinski definition) is 1. The van der Waals surface area contributed by atoms with Crippen LogP contribution < -0.4 is 0 Å². The summed E-state index contributed by atoms with van der Waals surface area (Å²) in [6.07, 6.45) is 1.42. The highest BCUT2D eigenvalue weighted by Gasteiger charge is 2.60. The Balaban J connectivity index is 0.000000371. The Labute approximate surface area is 113 Å². The molecule has 1 aliphatic carbocycles. The van der Waals surface area contributed by atoms with Gasteiger partial charge < -0.3 is 4.90 Å². The molecule has 1 saturated carbocycles. The number of piperidine rings is 1. The van der Waals surface area contributed by atoms with E-state index >= 15 is 0 Å². The van der Waals surface area contributed by atoms with E-state index in [1.54, 1.807) is 5.56 Å². The number of hydrogen-bond donors (Lipinski definition) is 0. The van der Waals surface area contributed by atoms with Gasteiger partial charge in [0, 0.05) is 18.5 Å². The molecule has 1 saturated heterocycles. The Kier molecular flexibility index (Phi) is 5.87. The van der Waals surface area contributed by atoms with Gasteiger partial charge in [0.1, 0.15) is 0 Å². The van der Waals surface area contributed by atoms with Crippen LogP contribution in [0.1, 0.15) is 46.6 Å². The first-order chi connectivity index (χ1) is 8.85. The molecule has 0 spiro atoms. The molecule has 102 valence electrons. The lowest BCUT2D eigenvalue weighted by atomic mass is 9.95. The zero-order valence-electron chi connectivity index (χ0n) is 12.7. The number of likely N-dealkylation sites (tertiary alicyclic amines) is 1. The maximum Gasteiger partial charge on any atom is 0.0124 e. The van der Waals surface area contributed by atoms with Gasteiger partial charge in [-0.2, -0.15) is 0 Å². The van der Waals surface area contributed by atoms with Crippen molar-refractivity contribution in [2.75, 3.05) is 19.6 Å². The lowest BCUT2D eigenvalue weighted by Gasteiger charge is -2.18. The summed E-state index contributed by atoms with van der Waals surface area (Å²) in [4.78, 5) is 2.58. The third-order valence-corrected chi connectivity index (χ3v) is 4.01. The van der Waals surface area contributed by atoms with Crippen LogP contribution in [-0.4, -0.2) is 24.5 Å². The Hall–Kier alpha value is -0.820. The lowest BCUT2D eigenvalue weighted by Crippen LogP contribution is -2.26. The van der Waals surface area contributed by atoms with E-state index in [4.69, 9.17) is 0 Å². The van der Waals surface area contributed by atoms with E-state index in [9.17, 15) is 0 Å². The van der Waals surface area contributed by atoms with Crippen molar-refractivity contribution >= 4 is 0 Å². The first-order valence-electron chi connectivity index (χ1n) is 7.63. The molecule has 2 atom stereocenters. The summed E-state index contributed by atoms with van der Waals surface area (Å²) in [5.41, 5.74) is 2.12. The molecule has 1 nitrogen and oxygen atoms in total. The van der Waals surface area contributed by atoms with Crippen LogP contribution in [0.2, 0.25) is 0 Å². The SMILES string of the molecule is CC.CC.CCN1CC2CC2(c2ccccc2)C1. The van der Waals surface area contributed by atoms with Crippen molar-refractivity contribution in [3.63, 3.8) is 0 Å². The van der Waals surface area contributed by atoms with Crippen molar-refractivity contribution in [2.24, 2.45) is 5.92 Å². The zero-order valence-corrected chi connectivity index (χ0v) is 12.7. The fourth-order valence-electron chi connectivity index (χ4n) is 3.04. The molecular weight excluding hydrogens is 218 g/mol. The molecule has 0 bridgehead atoms. The van der Waals surface area contributed by atoms with E-state index in [1.165, 1.54) is 26.1 Å². The molecule has 2 unspecified atom stereocenters.